The van der Waals surface area contributed by atoms with E-state index in [4.69, 9.17) is 13.9 Å². The van der Waals surface area contributed by atoms with Gasteiger partial charge in [-0.25, -0.2) is 4.79 Å². The van der Waals surface area contributed by atoms with Crippen molar-refractivity contribution >= 4 is 11.9 Å². The van der Waals surface area contributed by atoms with Gasteiger partial charge < -0.3 is 19.2 Å². The van der Waals surface area contributed by atoms with E-state index in [9.17, 15) is 9.59 Å². The van der Waals surface area contributed by atoms with Crippen molar-refractivity contribution in [2.45, 2.75) is 40.2 Å². The molecule has 3 rings (SSSR count). The lowest BCUT2D eigenvalue weighted by Crippen LogP contribution is -2.34. The van der Waals surface area contributed by atoms with Crippen LogP contribution in [0.15, 0.2) is 65.1 Å². The average molecular weight is 424 g/mol. The van der Waals surface area contributed by atoms with Crippen LogP contribution in [0.3, 0.4) is 0 Å². The molecule has 0 saturated carbocycles. The van der Waals surface area contributed by atoms with E-state index in [-0.39, 0.29) is 19.1 Å². The molecule has 1 aromatic heterocycles. The second kappa shape index (κ2) is 10.5. The monoisotopic (exact) mass is 423 g/mol. The molecule has 3 aromatic rings. The number of carbonyl (C=O) groups is 2. The van der Waals surface area contributed by atoms with Crippen molar-refractivity contribution in [3.63, 3.8) is 0 Å². The lowest BCUT2D eigenvalue weighted by molar-refractivity contribution is -0.143. The number of nitrogens with one attached hydrogen (secondary N) is 1. The molecule has 0 unspecified atom stereocenters. The summed E-state index contributed by atoms with van der Waals surface area (Å²) in [5.74, 6) is 0.139. The Labute approximate surface area is 183 Å². The van der Waals surface area contributed by atoms with Gasteiger partial charge in [0, 0.05) is 6.07 Å². The van der Waals surface area contributed by atoms with Crippen molar-refractivity contribution in [3.8, 4) is 11.7 Å². The molecule has 0 spiro atoms. The second-order valence-electron chi connectivity index (χ2n) is 7.24. The maximum Gasteiger partial charge on any atom is 0.333 e. The SMILES string of the molecule is C.COC(=O)[C@@H](NC(=O)c1ccc(Oc2cc(C(C)C)ccc2C)o1)c1ccccc1. The summed E-state index contributed by atoms with van der Waals surface area (Å²) >= 11 is 0. The van der Waals surface area contributed by atoms with Gasteiger partial charge in [0.05, 0.1) is 7.11 Å². The van der Waals surface area contributed by atoms with Crippen LogP contribution in [0.5, 0.6) is 11.7 Å². The molecule has 0 aliphatic carbocycles. The minimum absolute atomic E-state index is 0. The van der Waals surface area contributed by atoms with E-state index >= 15 is 0 Å². The quantitative estimate of drug-likeness (QED) is 0.487. The number of benzene rings is 2. The van der Waals surface area contributed by atoms with Crippen LogP contribution in [0.2, 0.25) is 0 Å². The molecule has 0 bridgehead atoms. The average Bonchev–Trinajstić information content (AvgIpc) is 3.22. The number of rotatable bonds is 7. The molecule has 31 heavy (non-hydrogen) atoms. The number of hydrogen-bond acceptors (Lipinski definition) is 5. The summed E-state index contributed by atoms with van der Waals surface area (Å²) in [5, 5.41) is 2.65. The van der Waals surface area contributed by atoms with Crippen molar-refractivity contribution in [3.05, 3.63) is 83.1 Å². The maximum atomic E-state index is 12.7. The van der Waals surface area contributed by atoms with Crippen LogP contribution in [0, 0.1) is 6.92 Å². The first-order valence-electron chi connectivity index (χ1n) is 9.71. The summed E-state index contributed by atoms with van der Waals surface area (Å²) in [5.41, 5.74) is 2.71. The Balaban J connectivity index is 0.00000341. The summed E-state index contributed by atoms with van der Waals surface area (Å²) in [6.07, 6.45) is 0. The summed E-state index contributed by atoms with van der Waals surface area (Å²) in [4.78, 5) is 24.8. The number of amides is 1. The first-order valence-corrected chi connectivity index (χ1v) is 9.71. The number of hydrogen-bond donors (Lipinski definition) is 1. The number of furan rings is 1. The van der Waals surface area contributed by atoms with E-state index < -0.39 is 17.9 Å². The van der Waals surface area contributed by atoms with Gasteiger partial charge in [0.1, 0.15) is 5.75 Å². The van der Waals surface area contributed by atoms with Gasteiger partial charge in [-0.05, 0) is 41.7 Å². The van der Waals surface area contributed by atoms with Crippen LogP contribution in [0.1, 0.15) is 60.5 Å². The minimum Gasteiger partial charge on any atom is -0.467 e. The van der Waals surface area contributed by atoms with Crippen LogP contribution >= 0.6 is 0 Å². The molecule has 0 saturated heterocycles. The van der Waals surface area contributed by atoms with Gasteiger partial charge in [-0.15, -0.1) is 0 Å². The van der Waals surface area contributed by atoms with Crippen LogP contribution in [-0.2, 0) is 9.53 Å². The van der Waals surface area contributed by atoms with E-state index in [1.807, 2.05) is 25.1 Å². The van der Waals surface area contributed by atoms with Gasteiger partial charge in [-0.1, -0.05) is 63.7 Å². The van der Waals surface area contributed by atoms with Gasteiger partial charge >= 0.3 is 5.97 Å². The number of carbonyl (C=O) groups excluding carboxylic acids is 2. The molecular formula is C25H29NO5. The van der Waals surface area contributed by atoms with E-state index in [0.29, 0.717) is 17.2 Å². The third-order valence-corrected chi connectivity index (χ3v) is 4.74. The van der Waals surface area contributed by atoms with Crippen molar-refractivity contribution in [2.24, 2.45) is 0 Å². The lowest BCUT2D eigenvalue weighted by atomic mass is 10.0. The third-order valence-electron chi connectivity index (χ3n) is 4.74. The zero-order valence-electron chi connectivity index (χ0n) is 17.5. The van der Waals surface area contributed by atoms with E-state index in [1.54, 1.807) is 30.3 Å². The summed E-state index contributed by atoms with van der Waals surface area (Å²) in [6, 6.07) is 17.0. The molecule has 2 aromatic carbocycles. The number of methoxy groups -OCH3 is 1. The predicted molar refractivity (Wildman–Crippen MR) is 119 cm³/mol. The summed E-state index contributed by atoms with van der Waals surface area (Å²) in [7, 11) is 1.27. The minimum atomic E-state index is -0.942. The molecule has 0 aliphatic heterocycles. The highest BCUT2D eigenvalue weighted by Gasteiger charge is 2.25. The summed E-state index contributed by atoms with van der Waals surface area (Å²) in [6.45, 7) is 6.15. The Morgan fingerprint density at radius 3 is 2.32 bits per heavy atom. The highest BCUT2D eigenvalue weighted by Crippen LogP contribution is 2.30. The number of esters is 1. The molecule has 1 N–H and O–H groups in total. The van der Waals surface area contributed by atoms with Crippen LogP contribution in [0.25, 0.3) is 0 Å². The third kappa shape index (κ3) is 5.75. The van der Waals surface area contributed by atoms with Crippen LogP contribution in [0.4, 0.5) is 0 Å². The van der Waals surface area contributed by atoms with Crippen molar-refractivity contribution in [2.75, 3.05) is 7.11 Å². The number of ether oxygens (including phenoxy) is 2. The number of aryl methyl sites for hydroxylation is 1. The normalized spacial score (nSPS) is 11.4. The zero-order valence-corrected chi connectivity index (χ0v) is 17.5. The van der Waals surface area contributed by atoms with Crippen LogP contribution in [-0.4, -0.2) is 19.0 Å². The highest BCUT2D eigenvalue weighted by atomic mass is 16.6. The van der Waals surface area contributed by atoms with Crippen molar-refractivity contribution in [1.29, 1.82) is 0 Å². The van der Waals surface area contributed by atoms with Gasteiger partial charge in [-0.2, -0.15) is 0 Å². The summed E-state index contributed by atoms with van der Waals surface area (Å²) < 4.78 is 16.2. The van der Waals surface area contributed by atoms with Crippen LogP contribution < -0.4 is 10.1 Å². The molecule has 1 atom stereocenters. The van der Waals surface area contributed by atoms with Crippen molar-refractivity contribution in [1.82, 2.24) is 5.32 Å². The second-order valence-corrected chi connectivity index (χ2v) is 7.24. The Morgan fingerprint density at radius 2 is 1.68 bits per heavy atom. The van der Waals surface area contributed by atoms with Gasteiger partial charge in [0.15, 0.2) is 11.8 Å². The first kappa shape index (κ1) is 23.7. The molecule has 1 amide bonds. The molecule has 1 heterocycles. The first-order chi connectivity index (χ1) is 14.4. The molecule has 0 fully saturated rings. The van der Waals surface area contributed by atoms with E-state index in [1.165, 1.54) is 13.2 Å². The predicted octanol–water partition coefficient (Wildman–Crippen LogP) is 5.78. The lowest BCUT2D eigenvalue weighted by Gasteiger charge is -2.16. The van der Waals surface area contributed by atoms with E-state index in [0.717, 1.165) is 11.1 Å². The van der Waals surface area contributed by atoms with Crippen molar-refractivity contribution < 1.29 is 23.5 Å². The fourth-order valence-corrected chi connectivity index (χ4v) is 2.94. The molecule has 6 heteroatoms. The van der Waals surface area contributed by atoms with Gasteiger partial charge in [-0.3, -0.25) is 4.79 Å². The Kier molecular flexibility index (Phi) is 8.02. The van der Waals surface area contributed by atoms with E-state index in [2.05, 4.69) is 25.2 Å². The standard InChI is InChI=1S/C24H25NO5.CH4/c1-15(2)18-11-10-16(3)20(14-18)30-21-13-12-19(29-21)23(26)25-22(24(27)28-4)17-8-6-5-7-9-17;/h5-15,22H,1-4H3,(H,25,26);1H4/t22-;/m0./s1. The molecule has 164 valence electrons. The molecule has 0 radical (unpaired) electrons. The highest BCUT2D eigenvalue weighted by molar-refractivity contribution is 5.95. The Hall–Kier alpha value is -3.54. The fourth-order valence-electron chi connectivity index (χ4n) is 2.94. The topological polar surface area (TPSA) is 77.8 Å². The molecular weight excluding hydrogens is 394 g/mol. The van der Waals surface area contributed by atoms with Gasteiger partial charge in [0.25, 0.3) is 11.9 Å². The maximum absolute atomic E-state index is 12.7. The Morgan fingerprint density at radius 1 is 0.968 bits per heavy atom. The fraction of sp³-hybridized carbons (Fsp3) is 0.280. The largest absolute Gasteiger partial charge is 0.467 e. The Bertz CT molecular complexity index is 1020. The van der Waals surface area contributed by atoms with Gasteiger partial charge in [0.2, 0.25) is 0 Å². The molecule has 0 aliphatic rings. The molecule has 6 nitrogen and oxygen atoms in total. The zero-order chi connectivity index (χ0) is 21.7. The smallest absolute Gasteiger partial charge is 0.333 e.